The number of carbonyl (C=O) groups excluding carboxylic acids is 2. The summed E-state index contributed by atoms with van der Waals surface area (Å²) in [4.78, 5) is 35.8. The van der Waals surface area contributed by atoms with Crippen molar-refractivity contribution in [2.45, 2.75) is 46.7 Å². The van der Waals surface area contributed by atoms with E-state index >= 15 is 0 Å². The molecule has 0 aliphatic carbocycles. The number of imide groups is 1. The van der Waals surface area contributed by atoms with Crippen LogP contribution in [0, 0.1) is 13.8 Å². The number of aryl methyl sites for hydroxylation is 2. The van der Waals surface area contributed by atoms with Crippen LogP contribution < -0.4 is 10.2 Å². The molecule has 1 unspecified atom stereocenters. The fourth-order valence-electron chi connectivity index (χ4n) is 2.53. The topological polar surface area (TPSA) is 131 Å². The van der Waals surface area contributed by atoms with Crippen LogP contribution in [-0.2, 0) is 16.1 Å². The highest BCUT2D eigenvalue weighted by atomic mass is 16.5. The lowest BCUT2D eigenvalue weighted by atomic mass is 10.2. The van der Waals surface area contributed by atoms with Crippen LogP contribution in [0.3, 0.4) is 0 Å². The Hall–Kier alpha value is -3.17. The van der Waals surface area contributed by atoms with E-state index in [1.54, 1.807) is 11.6 Å². The minimum absolute atomic E-state index is 0.275. The number of hydrogen-bond donors (Lipinski definition) is 2. The molecule has 1 saturated heterocycles. The van der Waals surface area contributed by atoms with Crippen molar-refractivity contribution in [2.75, 3.05) is 4.90 Å². The summed E-state index contributed by atoms with van der Waals surface area (Å²) in [5.41, 5.74) is 1.88. The minimum atomic E-state index is -1.16. The van der Waals surface area contributed by atoms with E-state index in [1.165, 1.54) is 12.4 Å². The summed E-state index contributed by atoms with van der Waals surface area (Å²) in [6.45, 7) is 7.97. The Morgan fingerprint density at radius 1 is 1.35 bits per heavy atom. The van der Waals surface area contributed by atoms with Crippen molar-refractivity contribution in [3.63, 3.8) is 0 Å². The first-order valence-corrected chi connectivity index (χ1v) is 8.17. The van der Waals surface area contributed by atoms with E-state index in [-0.39, 0.29) is 5.69 Å². The largest absolute Gasteiger partial charge is 0.481 e. The van der Waals surface area contributed by atoms with Gasteiger partial charge in [0.15, 0.2) is 0 Å². The minimum Gasteiger partial charge on any atom is -0.481 e. The van der Waals surface area contributed by atoms with Crippen molar-refractivity contribution in [3.05, 3.63) is 29.4 Å². The van der Waals surface area contributed by atoms with Crippen LogP contribution in [0.1, 0.15) is 37.3 Å². The van der Waals surface area contributed by atoms with Crippen LogP contribution in [0.5, 0.6) is 0 Å². The zero-order valence-electron chi connectivity index (χ0n) is 15.0. The summed E-state index contributed by atoms with van der Waals surface area (Å²) < 4.78 is 6.63. The van der Waals surface area contributed by atoms with E-state index in [0.717, 1.165) is 16.2 Å². The van der Waals surface area contributed by atoms with Crippen molar-refractivity contribution >= 4 is 23.6 Å². The molecule has 26 heavy (non-hydrogen) atoms. The Morgan fingerprint density at radius 3 is 2.62 bits per heavy atom. The second kappa shape index (κ2) is 7.81. The lowest BCUT2D eigenvalue weighted by Crippen LogP contribution is -2.32. The van der Waals surface area contributed by atoms with Gasteiger partial charge in [-0.3, -0.25) is 14.3 Å². The molecule has 0 spiro atoms. The summed E-state index contributed by atoms with van der Waals surface area (Å²) in [5.74, 6) is -1.11. The fourth-order valence-corrected chi connectivity index (χ4v) is 2.53. The van der Waals surface area contributed by atoms with Gasteiger partial charge in [0.25, 0.3) is 5.91 Å². The van der Waals surface area contributed by atoms with E-state index < -0.39 is 30.4 Å². The number of carboxylic acids is 1. The lowest BCUT2D eigenvalue weighted by Gasteiger charge is -2.09. The van der Waals surface area contributed by atoms with Gasteiger partial charge in [0, 0.05) is 11.8 Å². The smallest absolute Gasteiger partial charge is 0.329 e. The van der Waals surface area contributed by atoms with Crippen LogP contribution in [0.15, 0.2) is 16.9 Å². The Labute approximate surface area is 149 Å². The normalized spacial score (nSPS) is 16.3. The molecule has 1 atom stereocenters. The van der Waals surface area contributed by atoms with Crippen molar-refractivity contribution < 1.29 is 24.0 Å². The molecule has 2 N–H and O–H groups in total. The highest BCUT2D eigenvalue weighted by molar-refractivity contribution is 6.21. The maximum Gasteiger partial charge on any atom is 0.329 e. The molecule has 3 amide bonds. The van der Waals surface area contributed by atoms with E-state index in [2.05, 4.69) is 15.6 Å². The number of hydrogen-bond acceptors (Lipinski definition) is 6. The summed E-state index contributed by atoms with van der Waals surface area (Å²) >= 11 is 0. The quantitative estimate of drug-likeness (QED) is 0.769. The maximum absolute atomic E-state index is 12.2. The van der Waals surface area contributed by atoms with Crippen molar-refractivity contribution in [1.29, 1.82) is 0 Å². The van der Waals surface area contributed by atoms with Crippen molar-refractivity contribution in [2.24, 2.45) is 0 Å². The first-order valence-electron chi connectivity index (χ1n) is 8.17. The van der Waals surface area contributed by atoms with E-state index in [4.69, 9.17) is 9.63 Å². The van der Waals surface area contributed by atoms with Crippen LogP contribution >= 0.6 is 0 Å². The standard InChI is InChI=1S/C14H15N5O5.C2H6/c1-7-10(8(2)24-17-7)6-18-5-9(4-15-18)19-13(22)11(3-12(20)21)16-14(19)23;1-2/h4-5,11H,3,6H2,1-2H3,(H,16,23)(H,20,21);1-2H3. The molecule has 1 aliphatic heterocycles. The van der Waals surface area contributed by atoms with Crippen LogP contribution in [0.2, 0.25) is 0 Å². The Kier molecular flexibility index (Phi) is 5.75. The molecule has 2 aromatic rings. The SMILES string of the molecule is CC.Cc1noc(C)c1Cn1cc(N2C(=O)NC(CC(=O)O)C2=O)cn1. The number of urea groups is 1. The number of nitrogens with zero attached hydrogens (tertiary/aromatic N) is 4. The number of amides is 3. The fraction of sp³-hybridized carbons (Fsp3) is 0.438. The Balaban J connectivity index is 0.00000117. The molecular formula is C16H21N5O5. The van der Waals surface area contributed by atoms with Gasteiger partial charge in [-0.1, -0.05) is 19.0 Å². The van der Waals surface area contributed by atoms with Gasteiger partial charge in [-0.15, -0.1) is 0 Å². The van der Waals surface area contributed by atoms with E-state index in [1.807, 2.05) is 20.8 Å². The van der Waals surface area contributed by atoms with Gasteiger partial charge in [0.1, 0.15) is 11.8 Å². The van der Waals surface area contributed by atoms with Crippen LogP contribution in [-0.4, -0.2) is 44.0 Å². The number of carboxylic acid groups (broad SMARTS) is 1. The van der Waals surface area contributed by atoms with Crippen LogP contribution in [0.25, 0.3) is 0 Å². The summed E-state index contributed by atoms with van der Waals surface area (Å²) in [6, 6.07) is -1.73. The number of aliphatic carboxylic acids is 1. The molecule has 0 saturated carbocycles. The zero-order valence-corrected chi connectivity index (χ0v) is 15.0. The third-order valence-corrected chi connectivity index (χ3v) is 3.78. The molecule has 3 heterocycles. The van der Waals surface area contributed by atoms with Gasteiger partial charge < -0.3 is 14.9 Å². The molecule has 2 aromatic heterocycles. The zero-order chi connectivity index (χ0) is 19.4. The van der Waals surface area contributed by atoms with Crippen molar-refractivity contribution in [3.8, 4) is 0 Å². The monoisotopic (exact) mass is 363 g/mol. The van der Waals surface area contributed by atoms with Gasteiger partial charge >= 0.3 is 12.0 Å². The molecule has 10 heteroatoms. The number of rotatable bonds is 5. The third-order valence-electron chi connectivity index (χ3n) is 3.78. The van der Waals surface area contributed by atoms with Gasteiger partial charge in [-0.25, -0.2) is 9.69 Å². The van der Waals surface area contributed by atoms with E-state index in [0.29, 0.717) is 12.3 Å². The maximum atomic E-state index is 12.2. The van der Waals surface area contributed by atoms with Gasteiger partial charge in [-0.2, -0.15) is 5.10 Å². The summed E-state index contributed by atoms with van der Waals surface area (Å²) in [6.07, 6.45) is 2.44. The number of anilines is 1. The molecule has 1 aliphatic rings. The second-order valence-corrected chi connectivity index (χ2v) is 5.47. The number of aromatic nitrogens is 3. The van der Waals surface area contributed by atoms with E-state index in [9.17, 15) is 14.4 Å². The lowest BCUT2D eigenvalue weighted by molar-refractivity contribution is -0.139. The molecular weight excluding hydrogens is 342 g/mol. The highest BCUT2D eigenvalue weighted by Gasteiger charge is 2.40. The molecule has 0 bridgehead atoms. The van der Waals surface area contributed by atoms with Gasteiger partial charge in [-0.05, 0) is 13.8 Å². The molecule has 10 nitrogen and oxygen atoms in total. The average molecular weight is 363 g/mol. The number of nitrogens with one attached hydrogen (secondary N) is 1. The first-order chi connectivity index (χ1) is 12.4. The Morgan fingerprint density at radius 2 is 2.04 bits per heavy atom. The predicted molar refractivity (Wildman–Crippen MR) is 90.7 cm³/mol. The average Bonchev–Trinajstić information content (AvgIpc) is 3.24. The highest BCUT2D eigenvalue weighted by Crippen LogP contribution is 2.21. The first kappa shape index (κ1) is 19.2. The second-order valence-electron chi connectivity index (χ2n) is 5.47. The molecule has 3 rings (SSSR count). The Bertz CT molecular complexity index is 805. The number of carbonyl (C=O) groups is 3. The summed E-state index contributed by atoms with van der Waals surface area (Å²) in [7, 11) is 0. The third kappa shape index (κ3) is 3.73. The van der Waals surface area contributed by atoms with Gasteiger partial charge in [0.05, 0.1) is 30.5 Å². The molecule has 0 aromatic carbocycles. The van der Waals surface area contributed by atoms with Gasteiger partial charge in [0.2, 0.25) is 0 Å². The molecule has 140 valence electrons. The van der Waals surface area contributed by atoms with Crippen molar-refractivity contribution in [1.82, 2.24) is 20.3 Å². The van der Waals surface area contributed by atoms with Crippen LogP contribution in [0.4, 0.5) is 10.5 Å². The molecule has 1 fully saturated rings. The predicted octanol–water partition coefficient (Wildman–Crippen LogP) is 1.46. The molecule has 0 radical (unpaired) electrons. The summed E-state index contributed by atoms with van der Waals surface area (Å²) in [5, 5.41) is 19.1.